The Morgan fingerprint density at radius 3 is 2.89 bits per heavy atom. The van der Waals surface area contributed by atoms with Gasteiger partial charge in [0.15, 0.2) is 5.82 Å². The predicted octanol–water partition coefficient (Wildman–Crippen LogP) is 2.36. The van der Waals surface area contributed by atoms with Crippen molar-refractivity contribution in [3.63, 3.8) is 0 Å². The predicted molar refractivity (Wildman–Crippen MR) is 105 cm³/mol. The molecule has 2 aliphatic heterocycles. The molecular weight excluding hydrogens is 340 g/mol. The van der Waals surface area contributed by atoms with Gasteiger partial charge in [-0.05, 0) is 51.6 Å². The van der Waals surface area contributed by atoms with Gasteiger partial charge in [0.05, 0.1) is 17.3 Å². The number of aromatic hydroxyl groups is 1. The highest BCUT2D eigenvalue weighted by atomic mass is 16.3. The van der Waals surface area contributed by atoms with Gasteiger partial charge in [0.2, 0.25) is 0 Å². The van der Waals surface area contributed by atoms with E-state index in [0.29, 0.717) is 22.9 Å². The molecule has 3 heterocycles. The van der Waals surface area contributed by atoms with E-state index >= 15 is 0 Å². The zero-order valence-electron chi connectivity index (χ0n) is 15.7. The zero-order valence-corrected chi connectivity index (χ0v) is 15.7. The van der Waals surface area contributed by atoms with Crippen molar-refractivity contribution in [1.29, 1.82) is 5.26 Å². The lowest BCUT2D eigenvalue weighted by Crippen LogP contribution is -2.50. The number of benzene rings is 1. The Bertz CT molecular complexity index is 906. The molecule has 7 heteroatoms. The van der Waals surface area contributed by atoms with Crippen LogP contribution in [-0.4, -0.2) is 59.5 Å². The van der Waals surface area contributed by atoms with Crippen LogP contribution in [0.1, 0.15) is 24.0 Å². The summed E-state index contributed by atoms with van der Waals surface area (Å²) in [5.74, 6) is 0.948. The van der Waals surface area contributed by atoms with Crippen LogP contribution < -0.4 is 10.2 Å². The summed E-state index contributed by atoms with van der Waals surface area (Å²) >= 11 is 0. The minimum Gasteiger partial charge on any atom is -0.507 e. The number of nitrogens with zero attached hydrogens (tertiary/aromatic N) is 5. The third-order valence-corrected chi connectivity index (χ3v) is 5.55. The lowest BCUT2D eigenvalue weighted by molar-refractivity contribution is 0.244. The summed E-state index contributed by atoms with van der Waals surface area (Å²) in [4.78, 5) is 4.75. The molecule has 0 bridgehead atoms. The molecule has 0 spiro atoms. The van der Waals surface area contributed by atoms with Gasteiger partial charge in [0.1, 0.15) is 11.4 Å². The zero-order chi connectivity index (χ0) is 19.0. The van der Waals surface area contributed by atoms with Gasteiger partial charge in [-0.3, -0.25) is 0 Å². The number of phenolic OH excluding ortho intramolecular Hbond substituents is 1. The number of nitriles is 1. The van der Waals surface area contributed by atoms with Crippen LogP contribution in [0.15, 0.2) is 18.2 Å². The van der Waals surface area contributed by atoms with Crippen LogP contribution in [0.3, 0.4) is 0 Å². The second kappa shape index (κ2) is 7.05. The summed E-state index contributed by atoms with van der Waals surface area (Å²) in [5.41, 5.74) is 3.62. The molecule has 0 aliphatic carbocycles. The first-order valence-corrected chi connectivity index (χ1v) is 9.38. The molecule has 0 saturated carbocycles. The van der Waals surface area contributed by atoms with Crippen molar-refractivity contribution in [3.8, 4) is 23.1 Å². The number of likely N-dealkylation sites (N-methyl/N-ethyl adjacent to an activating group) is 1. The third-order valence-electron chi connectivity index (χ3n) is 5.55. The Balaban J connectivity index is 1.72. The van der Waals surface area contributed by atoms with Crippen LogP contribution in [0.2, 0.25) is 0 Å². The van der Waals surface area contributed by atoms with Gasteiger partial charge in [-0.15, -0.1) is 10.2 Å². The maximum atomic E-state index is 10.3. The highest BCUT2D eigenvalue weighted by molar-refractivity contribution is 5.81. The van der Waals surface area contributed by atoms with Crippen LogP contribution in [0.4, 0.5) is 11.5 Å². The van der Waals surface area contributed by atoms with Crippen molar-refractivity contribution in [1.82, 2.24) is 15.1 Å². The Labute approximate surface area is 159 Å². The topological polar surface area (TPSA) is 88.3 Å². The molecule has 4 rings (SSSR count). The SMILES string of the molecule is Cc1c(-c2ccc(C#N)cc2O)nnc2c1NCCN2C1CCCN(C)C1. The number of anilines is 2. The average molecular weight is 364 g/mol. The number of hydrogen-bond donors (Lipinski definition) is 2. The average Bonchev–Trinajstić information content (AvgIpc) is 2.68. The minimum absolute atomic E-state index is 0.0490. The van der Waals surface area contributed by atoms with E-state index in [0.717, 1.165) is 43.2 Å². The molecular formula is C20H24N6O. The normalized spacial score (nSPS) is 19.9. The fourth-order valence-corrected chi connectivity index (χ4v) is 4.13. The number of nitrogens with one attached hydrogen (secondary N) is 1. The first-order valence-electron chi connectivity index (χ1n) is 9.38. The van der Waals surface area contributed by atoms with E-state index in [2.05, 4.69) is 32.4 Å². The number of rotatable bonds is 2. The van der Waals surface area contributed by atoms with Gasteiger partial charge in [-0.1, -0.05) is 0 Å². The second-order valence-electron chi connectivity index (χ2n) is 7.39. The molecule has 1 unspecified atom stereocenters. The van der Waals surface area contributed by atoms with Gasteiger partial charge in [-0.2, -0.15) is 5.26 Å². The molecule has 1 aromatic carbocycles. The maximum Gasteiger partial charge on any atom is 0.175 e. The van der Waals surface area contributed by atoms with Crippen molar-refractivity contribution in [3.05, 3.63) is 29.3 Å². The summed E-state index contributed by atoms with van der Waals surface area (Å²) in [5, 5.41) is 31.8. The van der Waals surface area contributed by atoms with E-state index in [9.17, 15) is 5.11 Å². The van der Waals surface area contributed by atoms with Crippen molar-refractivity contribution in [2.45, 2.75) is 25.8 Å². The molecule has 0 amide bonds. The van der Waals surface area contributed by atoms with Crippen LogP contribution in [-0.2, 0) is 0 Å². The molecule has 2 aromatic rings. The van der Waals surface area contributed by atoms with Crippen molar-refractivity contribution in [2.24, 2.45) is 0 Å². The molecule has 140 valence electrons. The Morgan fingerprint density at radius 1 is 1.30 bits per heavy atom. The van der Waals surface area contributed by atoms with E-state index in [-0.39, 0.29) is 5.75 Å². The fraction of sp³-hybridized carbons (Fsp3) is 0.450. The van der Waals surface area contributed by atoms with Crippen molar-refractivity contribution < 1.29 is 5.11 Å². The van der Waals surface area contributed by atoms with Crippen LogP contribution in [0.25, 0.3) is 11.3 Å². The second-order valence-corrected chi connectivity index (χ2v) is 7.39. The number of phenols is 1. The number of piperidine rings is 1. The van der Waals surface area contributed by atoms with Gasteiger partial charge < -0.3 is 20.2 Å². The molecule has 1 saturated heterocycles. The summed E-state index contributed by atoms with van der Waals surface area (Å²) < 4.78 is 0. The third kappa shape index (κ3) is 3.17. The highest BCUT2D eigenvalue weighted by Gasteiger charge is 2.30. The molecule has 2 N–H and O–H groups in total. The molecule has 7 nitrogen and oxygen atoms in total. The Kier molecular flexibility index (Phi) is 4.58. The lowest BCUT2D eigenvalue weighted by atomic mass is 10.0. The number of hydrogen-bond acceptors (Lipinski definition) is 7. The molecule has 0 radical (unpaired) electrons. The van der Waals surface area contributed by atoms with Crippen LogP contribution >= 0.6 is 0 Å². The summed E-state index contributed by atoms with van der Waals surface area (Å²) in [6.07, 6.45) is 2.37. The summed E-state index contributed by atoms with van der Waals surface area (Å²) in [6, 6.07) is 7.37. The number of fused-ring (bicyclic) bond motifs is 1. The van der Waals surface area contributed by atoms with Crippen molar-refractivity contribution in [2.75, 3.05) is 43.4 Å². The van der Waals surface area contributed by atoms with Gasteiger partial charge in [0.25, 0.3) is 0 Å². The first-order chi connectivity index (χ1) is 13.1. The van der Waals surface area contributed by atoms with Gasteiger partial charge in [0, 0.05) is 36.8 Å². The van der Waals surface area contributed by atoms with Gasteiger partial charge >= 0.3 is 0 Å². The Morgan fingerprint density at radius 2 is 2.15 bits per heavy atom. The van der Waals surface area contributed by atoms with Gasteiger partial charge in [-0.25, -0.2) is 0 Å². The minimum atomic E-state index is 0.0490. The molecule has 27 heavy (non-hydrogen) atoms. The number of likely N-dealkylation sites (tertiary alicyclic amines) is 1. The highest BCUT2D eigenvalue weighted by Crippen LogP contribution is 2.38. The maximum absolute atomic E-state index is 10.3. The molecule has 1 atom stereocenters. The summed E-state index contributed by atoms with van der Waals surface area (Å²) in [6.45, 7) is 5.97. The molecule has 1 fully saturated rings. The smallest absolute Gasteiger partial charge is 0.175 e. The molecule has 2 aliphatic rings. The Hall–Kier alpha value is -2.85. The van der Waals surface area contributed by atoms with Crippen LogP contribution in [0.5, 0.6) is 5.75 Å². The lowest BCUT2D eigenvalue weighted by Gasteiger charge is -2.41. The quantitative estimate of drug-likeness (QED) is 0.845. The van der Waals surface area contributed by atoms with E-state index < -0.39 is 0 Å². The summed E-state index contributed by atoms with van der Waals surface area (Å²) in [7, 11) is 2.17. The standard InChI is InChI=1S/C20H24N6O/c1-13-18(16-6-5-14(11-21)10-17(16)27)23-24-20-19(13)22-7-9-26(20)15-4-3-8-25(2)12-15/h5-6,10,15,22,27H,3-4,7-9,12H2,1-2H3. The van der Waals surface area contributed by atoms with E-state index in [1.165, 1.54) is 18.9 Å². The van der Waals surface area contributed by atoms with E-state index in [1.54, 1.807) is 12.1 Å². The first kappa shape index (κ1) is 17.6. The molecule has 1 aromatic heterocycles. The van der Waals surface area contributed by atoms with E-state index in [4.69, 9.17) is 5.26 Å². The number of aromatic nitrogens is 2. The monoisotopic (exact) mass is 364 g/mol. The van der Waals surface area contributed by atoms with E-state index in [1.807, 2.05) is 13.0 Å². The largest absolute Gasteiger partial charge is 0.507 e. The van der Waals surface area contributed by atoms with Crippen molar-refractivity contribution >= 4 is 11.5 Å². The fourth-order valence-electron chi connectivity index (χ4n) is 4.13. The van der Waals surface area contributed by atoms with Crippen LogP contribution in [0, 0.1) is 18.3 Å².